The quantitative estimate of drug-likeness (QED) is 0.883. The summed E-state index contributed by atoms with van der Waals surface area (Å²) in [7, 11) is 0. The van der Waals surface area contributed by atoms with Crippen molar-refractivity contribution >= 4 is 5.91 Å². The summed E-state index contributed by atoms with van der Waals surface area (Å²) < 4.78 is 4.55. The van der Waals surface area contributed by atoms with Crippen LogP contribution in [0.4, 0.5) is 0 Å². The van der Waals surface area contributed by atoms with Crippen LogP contribution in [0.5, 0.6) is 0 Å². The number of likely N-dealkylation sites (tertiary alicyclic amines) is 1. The number of rotatable bonds is 6. The molecule has 1 aliphatic heterocycles. The molecule has 1 fully saturated rings. The molecular weight excluding hydrogens is 292 g/mol. The first-order valence-electron chi connectivity index (χ1n) is 8.06. The van der Waals surface area contributed by atoms with E-state index in [1.165, 1.54) is 12.0 Å². The molecule has 2 heterocycles. The predicted octanol–water partition coefficient (Wildman–Crippen LogP) is 2.02. The minimum Gasteiger partial charge on any atom is -0.351 e. The minimum atomic E-state index is -0.206. The van der Waals surface area contributed by atoms with Crippen LogP contribution >= 0.6 is 0 Å². The lowest BCUT2D eigenvalue weighted by atomic mass is 10.1. The summed E-state index contributed by atoms with van der Waals surface area (Å²) in [5.74, 6) is 0.429. The van der Waals surface area contributed by atoms with E-state index < -0.39 is 0 Å². The molecule has 122 valence electrons. The van der Waals surface area contributed by atoms with Gasteiger partial charge in [-0.1, -0.05) is 35.5 Å². The second-order valence-electron chi connectivity index (χ2n) is 6.12. The van der Waals surface area contributed by atoms with Gasteiger partial charge in [0.2, 0.25) is 0 Å². The van der Waals surface area contributed by atoms with Crippen LogP contribution in [0.15, 0.2) is 35.0 Å². The molecule has 6 nitrogen and oxygen atoms in total. The molecule has 0 unspecified atom stereocenters. The van der Waals surface area contributed by atoms with Crippen LogP contribution in [0.1, 0.15) is 34.6 Å². The standard InChI is InChI=1S/C17H22N4O2/c1-13-16(20-23-19-13)17(22)18-9-7-15-8-10-21(12-15)11-14-5-3-2-4-6-14/h2-6,15H,7-12H2,1H3,(H,18,22)/t15-/m1/s1. The van der Waals surface area contributed by atoms with E-state index in [1.54, 1.807) is 6.92 Å². The van der Waals surface area contributed by atoms with E-state index in [2.05, 4.69) is 49.4 Å². The highest BCUT2D eigenvalue weighted by Crippen LogP contribution is 2.21. The molecule has 0 bridgehead atoms. The van der Waals surface area contributed by atoms with Crippen molar-refractivity contribution in [1.82, 2.24) is 20.5 Å². The van der Waals surface area contributed by atoms with Gasteiger partial charge in [-0.15, -0.1) is 0 Å². The number of nitrogens with one attached hydrogen (secondary N) is 1. The second-order valence-corrected chi connectivity index (χ2v) is 6.12. The Balaban J connectivity index is 1.39. The molecule has 3 rings (SSSR count). The zero-order chi connectivity index (χ0) is 16.1. The molecule has 1 N–H and O–H groups in total. The van der Waals surface area contributed by atoms with Crippen LogP contribution in [-0.4, -0.2) is 40.8 Å². The Morgan fingerprint density at radius 1 is 1.35 bits per heavy atom. The van der Waals surface area contributed by atoms with Crippen molar-refractivity contribution in [1.29, 1.82) is 0 Å². The minimum absolute atomic E-state index is 0.206. The molecule has 1 aliphatic rings. The third kappa shape index (κ3) is 4.16. The lowest BCUT2D eigenvalue weighted by molar-refractivity contribution is 0.0941. The van der Waals surface area contributed by atoms with E-state index in [0.717, 1.165) is 26.1 Å². The molecule has 0 radical (unpaired) electrons. The Morgan fingerprint density at radius 2 is 2.17 bits per heavy atom. The fourth-order valence-electron chi connectivity index (χ4n) is 3.04. The molecular formula is C17H22N4O2. The van der Waals surface area contributed by atoms with Gasteiger partial charge in [-0.2, -0.15) is 0 Å². The van der Waals surface area contributed by atoms with Crippen LogP contribution in [0.25, 0.3) is 0 Å². The lowest BCUT2D eigenvalue weighted by Gasteiger charge is -2.16. The van der Waals surface area contributed by atoms with Crippen LogP contribution in [0, 0.1) is 12.8 Å². The molecule has 1 aromatic heterocycles. The summed E-state index contributed by atoms with van der Waals surface area (Å²) in [4.78, 5) is 14.4. The summed E-state index contributed by atoms with van der Waals surface area (Å²) in [6.07, 6.45) is 2.18. The fourth-order valence-corrected chi connectivity index (χ4v) is 3.04. The first kappa shape index (κ1) is 15.7. The SMILES string of the molecule is Cc1nonc1C(=O)NCC[C@@H]1CCN(Cc2ccccc2)C1. The van der Waals surface area contributed by atoms with Crippen LogP contribution < -0.4 is 5.32 Å². The van der Waals surface area contributed by atoms with Gasteiger partial charge in [-0.25, -0.2) is 4.63 Å². The van der Waals surface area contributed by atoms with Crippen LogP contribution in [0.2, 0.25) is 0 Å². The zero-order valence-electron chi connectivity index (χ0n) is 13.4. The number of carbonyl (C=O) groups is 1. The third-order valence-corrected chi connectivity index (χ3v) is 4.32. The summed E-state index contributed by atoms with van der Waals surface area (Å²) >= 11 is 0. The lowest BCUT2D eigenvalue weighted by Crippen LogP contribution is -2.27. The number of amides is 1. The molecule has 1 atom stereocenters. The number of benzene rings is 1. The van der Waals surface area contributed by atoms with Gasteiger partial charge in [0.15, 0.2) is 5.69 Å². The summed E-state index contributed by atoms with van der Waals surface area (Å²) in [6.45, 7) is 5.60. The monoisotopic (exact) mass is 314 g/mol. The highest BCUT2D eigenvalue weighted by Gasteiger charge is 2.22. The second kappa shape index (κ2) is 7.37. The van der Waals surface area contributed by atoms with Gasteiger partial charge in [-0.05, 0) is 42.9 Å². The van der Waals surface area contributed by atoms with E-state index in [9.17, 15) is 4.79 Å². The topological polar surface area (TPSA) is 71.3 Å². The maximum Gasteiger partial charge on any atom is 0.275 e. The van der Waals surface area contributed by atoms with Gasteiger partial charge < -0.3 is 5.32 Å². The van der Waals surface area contributed by atoms with Gasteiger partial charge >= 0.3 is 0 Å². The van der Waals surface area contributed by atoms with E-state index in [4.69, 9.17) is 0 Å². The highest BCUT2D eigenvalue weighted by molar-refractivity contribution is 5.92. The maximum absolute atomic E-state index is 11.9. The van der Waals surface area contributed by atoms with Gasteiger partial charge in [0.25, 0.3) is 5.91 Å². The van der Waals surface area contributed by atoms with Crippen molar-refractivity contribution in [3.05, 3.63) is 47.3 Å². The van der Waals surface area contributed by atoms with E-state index in [1.807, 2.05) is 6.07 Å². The van der Waals surface area contributed by atoms with Crippen molar-refractivity contribution in [3.63, 3.8) is 0 Å². The van der Waals surface area contributed by atoms with E-state index in [0.29, 0.717) is 18.2 Å². The molecule has 6 heteroatoms. The average Bonchev–Trinajstić information content (AvgIpc) is 3.17. The van der Waals surface area contributed by atoms with Gasteiger partial charge in [0.1, 0.15) is 5.69 Å². The van der Waals surface area contributed by atoms with Crippen molar-refractivity contribution in [2.45, 2.75) is 26.3 Å². The first-order chi connectivity index (χ1) is 11.2. The Hall–Kier alpha value is -2.21. The van der Waals surface area contributed by atoms with Crippen LogP contribution in [-0.2, 0) is 6.54 Å². The van der Waals surface area contributed by atoms with E-state index in [-0.39, 0.29) is 11.6 Å². The number of hydrogen-bond donors (Lipinski definition) is 1. The van der Waals surface area contributed by atoms with Crippen molar-refractivity contribution in [3.8, 4) is 0 Å². The largest absolute Gasteiger partial charge is 0.351 e. The van der Waals surface area contributed by atoms with Gasteiger partial charge in [0.05, 0.1) is 0 Å². The molecule has 1 saturated heterocycles. The maximum atomic E-state index is 11.9. The fraction of sp³-hybridized carbons (Fsp3) is 0.471. The Bertz CT molecular complexity index is 641. The Labute approximate surface area is 135 Å². The smallest absolute Gasteiger partial charge is 0.275 e. The molecule has 2 aromatic rings. The zero-order valence-corrected chi connectivity index (χ0v) is 13.4. The summed E-state index contributed by atoms with van der Waals surface area (Å²) in [5, 5.41) is 10.1. The number of nitrogens with zero attached hydrogens (tertiary/aromatic N) is 3. The number of carbonyl (C=O) groups excluding carboxylic acids is 1. The molecule has 0 spiro atoms. The highest BCUT2D eigenvalue weighted by atomic mass is 16.6. The predicted molar refractivity (Wildman–Crippen MR) is 85.8 cm³/mol. The van der Waals surface area contributed by atoms with Crippen molar-refractivity contribution < 1.29 is 9.42 Å². The van der Waals surface area contributed by atoms with Gasteiger partial charge in [0, 0.05) is 19.6 Å². The molecule has 1 amide bonds. The summed E-state index contributed by atoms with van der Waals surface area (Å²) in [6, 6.07) is 10.5. The van der Waals surface area contributed by atoms with Crippen molar-refractivity contribution in [2.24, 2.45) is 5.92 Å². The van der Waals surface area contributed by atoms with Crippen molar-refractivity contribution in [2.75, 3.05) is 19.6 Å². The number of aryl methyl sites for hydroxylation is 1. The number of hydrogen-bond acceptors (Lipinski definition) is 5. The molecule has 23 heavy (non-hydrogen) atoms. The molecule has 0 aliphatic carbocycles. The number of aromatic nitrogens is 2. The summed E-state index contributed by atoms with van der Waals surface area (Å²) in [5.41, 5.74) is 2.16. The third-order valence-electron chi connectivity index (χ3n) is 4.32. The Kier molecular flexibility index (Phi) is 5.02. The van der Waals surface area contributed by atoms with Gasteiger partial charge in [-0.3, -0.25) is 9.69 Å². The van der Waals surface area contributed by atoms with E-state index >= 15 is 0 Å². The Morgan fingerprint density at radius 3 is 2.91 bits per heavy atom. The van der Waals surface area contributed by atoms with Crippen LogP contribution in [0.3, 0.4) is 0 Å². The normalized spacial score (nSPS) is 18.2. The first-order valence-corrected chi connectivity index (χ1v) is 8.06. The molecule has 1 aromatic carbocycles. The average molecular weight is 314 g/mol. The molecule has 0 saturated carbocycles.